The molecule has 2 fully saturated rings. The number of ether oxygens (including phenoxy) is 1. The van der Waals surface area contributed by atoms with E-state index in [1.54, 1.807) is 38.1 Å². The molecule has 1 unspecified atom stereocenters. The van der Waals surface area contributed by atoms with E-state index in [9.17, 15) is 9.59 Å². The van der Waals surface area contributed by atoms with Gasteiger partial charge in [-0.1, -0.05) is 11.6 Å². The van der Waals surface area contributed by atoms with Crippen molar-refractivity contribution in [3.05, 3.63) is 29.3 Å². The zero-order chi connectivity index (χ0) is 16.6. The van der Waals surface area contributed by atoms with E-state index in [0.717, 1.165) is 12.8 Å². The zero-order valence-electron chi connectivity index (χ0n) is 13.3. The maximum atomic E-state index is 12.5. The normalized spacial score (nSPS) is 21.4. The van der Waals surface area contributed by atoms with Crippen LogP contribution in [0.5, 0.6) is 5.75 Å². The van der Waals surface area contributed by atoms with Gasteiger partial charge >= 0.3 is 0 Å². The summed E-state index contributed by atoms with van der Waals surface area (Å²) in [7, 11) is 0. The number of hydrogen-bond acceptors (Lipinski definition) is 3. The van der Waals surface area contributed by atoms with Crippen molar-refractivity contribution < 1.29 is 14.3 Å². The average Bonchev–Trinajstić information content (AvgIpc) is 3.25. The third-order valence-corrected chi connectivity index (χ3v) is 4.47. The van der Waals surface area contributed by atoms with Crippen molar-refractivity contribution in [3.8, 4) is 5.75 Å². The van der Waals surface area contributed by atoms with Crippen LogP contribution in [-0.4, -0.2) is 40.9 Å². The molecule has 3 rings (SSSR count). The largest absolute Gasteiger partial charge is 0.478 e. The van der Waals surface area contributed by atoms with Gasteiger partial charge in [0.2, 0.25) is 5.91 Å². The summed E-state index contributed by atoms with van der Waals surface area (Å²) in [5.41, 5.74) is -1.02. The van der Waals surface area contributed by atoms with Gasteiger partial charge in [0.1, 0.15) is 5.75 Å². The maximum Gasteiger partial charge on any atom is 0.263 e. The molecule has 124 valence electrons. The molecule has 1 aromatic rings. The molecule has 0 radical (unpaired) electrons. The van der Waals surface area contributed by atoms with Crippen LogP contribution in [0.2, 0.25) is 5.02 Å². The highest BCUT2D eigenvalue weighted by molar-refractivity contribution is 6.30. The highest BCUT2D eigenvalue weighted by atomic mass is 35.5. The molecule has 1 saturated heterocycles. The number of rotatable bonds is 5. The number of likely N-dealkylation sites (tertiary alicyclic amines) is 1. The van der Waals surface area contributed by atoms with Crippen molar-refractivity contribution in [3.63, 3.8) is 0 Å². The fraction of sp³-hybridized carbons (Fsp3) is 0.529. The van der Waals surface area contributed by atoms with Gasteiger partial charge in [-0.15, -0.1) is 0 Å². The maximum absolute atomic E-state index is 12.5. The van der Waals surface area contributed by atoms with Crippen molar-refractivity contribution >= 4 is 23.4 Å². The molecule has 1 heterocycles. The molecule has 23 heavy (non-hydrogen) atoms. The Morgan fingerprint density at radius 3 is 2.57 bits per heavy atom. The van der Waals surface area contributed by atoms with Crippen LogP contribution in [0.4, 0.5) is 0 Å². The highest BCUT2D eigenvalue weighted by Gasteiger charge is 2.41. The third-order valence-electron chi connectivity index (χ3n) is 4.21. The summed E-state index contributed by atoms with van der Waals surface area (Å²) in [6.07, 6.45) is 2.54. The van der Waals surface area contributed by atoms with Gasteiger partial charge in [0.25, 0.3) is 5.91 Å². The minimum atomic E-state index is -1.02. The first-order valence-corrected chi connectivity index (χ1v) is 8.28. The Balaban J connectivity index is 1.58. The number of amides is 2. The molecule has 2 aliphatic rings. The van der Waals surface area contributed by atoms with Crippen LogP contribution in [0.25, 0.3) is 0 Å². The van der Waals surface area contributed by atoms with Gasteiger partial charge in [-0.05, 0) is 51.0 Å². The fourth-order valence-corrected chi connectivity index (χ4v) is 2.90. The van der Waals surface area contributed by atoms with E-state index in [1.165, 1.54) is 0 Å². The number of nitrogens with zero attached hydrogens (tertiary/aromatic N) is 1. The predicted molar refractivity (Wildman–Crippen MR) is 87.4 cm³/mol. The van der Waals surface area contributed by atoms with Gasteiger partial charge in [0.05, 0.1) is 6.04 Å². The predicted octanol–water partition coefficient (Wildman–Crippen LogP) is 2.38. The van der Waals surface area contributed by atoms with Crippen molar-refractivity contribution in [1.82, 2.24) is 10.2 Å². The second-order valence-corrected chi connectivity index (χ2v) is 7.15. The Morgan fingerprint density at radius 2 is 1.96 bits per heavy atom. The summed E-state index contributed by atoms with van der Waals surface area (Å²) in [6.45, 7) is 4.03. The minimum Gasteiger partial charge on any atom is -0.478 e. The van der Waals surface area contributed by atoms with Crippen molar-refractivity contribution in [2.24, 2.45) is 0 Å². The second kappa shape index (κ2) is 6.04. The Bertz CT molecular complexity index is 611. The number of halogens is 1. The number of benzene rings is 1. The number of carbonyl (C=O) groups excluding carboxylic acids is 2. The number of nitrogens with one attached hydrogen (secondary N) is 1. The third kappa shape index (κ3) is 3.78. The molecule has 1 aliphatic carbocycles. The summed E-state index contributed by atoms with van der Waals surface area (Å²) in [5, 5.41) is 3.56. The zero-order valence-corrected chi connectivity index (χ0v) is 14.1. The van der Waals surface area contributed by atoms with E-state index in [2.05, 4.69) is 5.32 Å². The van der Waals surface area contributed by atoms with Crippen LogP contribution >= 0.6 is 11.6 Å². The quantitative estimate of drug-likeness (QED) is 0.898. The minimum absolute atomic E-state index is 0.134. The SMILES string of the molecule is CC(C)(Oc1ccc(Cl)cc1)C(=O)NC1CC(=O)N(C2CC2)C1. The molecule has 0 spiro atoms. The van der Waals surface area contributed by atoms with Crippen molar-refractivity contribution in [1.29, 1.82) is 0 Å². The Hall–Kier alpha value is -1.75. The van der Waals surface area contributed by atoms with E-state index in [0.29, 0.717) is 29.8 Å². The molecular weight excluding hydrogens is 316 g/mol. The van der Waals surface area contributed by atoms with Crippen LogP contribution in [-0.2, 0) is 9.59 Å². The number of hydrogen-bond donors (Lipinski definition) is 1. The topological polar surface area (TPSA) is 58.6 Å². The van der Waals surface area contributed by atoms with Gasteiger partial charge < -0.3 is 15.0 Å². The van der Waals surface area contributed by atoms with E-state index in [4.69, 9.17) is 16.3 Å². The fourth-order valence-electron chi connectivity index (χ4n) is 2.77. The standard InChI is InChI=1S/C17H21ClN2O3/c1-17(2,23-14-7-3-11(18)4-8-14)16(22)19-12-9-15(21)20(10-12)13-5-6-13/h3-4,7-8,12-13H,5-6,9-10H2,1-2H3,(H,19,22). The number of carbonyl (C=O) groups is 2. The lowest BCUT2D eigenvalue weighted by Crippen LogP contribution is -2.50. The monoisotopic (exact) mass is 336 g/mol. The molecule has 1 N–H and O–H groups in total. The van der Waals surface area contributed by atoms with Gasteiger partial charge in [0.15, 0.2) is 5.60 Å². The summed E-state index contributed by atoms with van der Waals surface area (Å²) in [5.74, 6) is 0.494. The lowest BCUT2D eigenvalue weighted by Gasteiger charge is -2.27. The van der Waals surface area contributed by atoms with Crippen LogP contribution in [0, 0.1) is 0 Å². The van der Waals surface area contributed by atoms with Crippen molar-refractivity contribution in [2.45, 2.75) is 50.8 Å². The van der Waals surface area contributed by atoms with E-state index < -0.39 is 5.60 Å². The van der Waals surface area contributed by atoms with Gasteiger partial charge in [0, 0.05) is 24.0 Å². The molecule has 0 aromatic heterocycles. The van der Waals surface area contributed by atoms with E-state index >= 15 is 0 Å². The molecule has 2 amide bonds. The van der Waals surface area contributed by atoms with Crippen molar-refractivity contribution in [2.75, 3.05) is 6.54 Å². The van der Waals surface area contributed by atoms with Gasteiger partial charge in [-0.2, -0.15) is 0 Å². The molecule has 6 heteroatoms. The summed E-state index contributed by atoms with van der Waals surface area (Å²) < 4.78 is 5.77. The summed E-state index contributed by atoms with van der Waals surface area (Å²) in [4.78, 5) is 26.3. The first kappa shape index (κ1) is 16.1. The van der Waals surface area contributed by atoms with Crippen LogP contribution < -0.4 is 10.1 Å². The van der Waals surface area contributed by atoms with Crippen LogP contribution in [0.15, 0.2) is 24.3 Å². The highest BCUT2D eigenvalue weighted by Crippen LogP contribution is 2.30. The van der Waals surface area contributed by atoms with Gasteiger partial charge in [-0.3, -0.25) is 9.59 Å². The lowest BCUT2D eigenvalue weighted by atomic mass is 10.1. The average molecular weight is 337 g/mol. The molecule has 0 bridgehead atoms. The van der Waals surface area contributed by atoms with Gasteiger partial charge in [-0.25, -0.2) is 0 Å². The molecular formula is C17H21ClN2O3. The molecule has 1 aromatic carbocycles. The molecule has 1 saturated carbocycles. The summed E-state index contributed by atoms with van der Waals surface area (Å²) >= 11 is 5.85. The molecule has 1 atom stereocenters. The Morgan fingerprint density at radius 1 is 1.30 bits per heavy atom. The smallest absolute Gasteiger partial charge is 0.263 e. The Kier molecular flexibility index (Phi) is 4.23. The lowest BCUT2D eigenvalue weighted by molar-refractivity contribution is -0.134. The molecule has 1 aliphatic heterocycles. The van der Waals surface area contributed by atoms with E-state index in [-0.39, 0.29) is 17.9 Å². The first-order valence-electron chi connectivity index (χ1n) is 7.90. The Labute approximate surface area is 140 Å². The van der Waals surface area contributed by atoms with E-state index in [1.807, 2.05) is 4.90 Å². The molecule has 5 nitrogen and oxygen atoms in total. The van der Waals surface area contributed by atoms with Crippen LogP contribution in [0.3, 0.4) is 0 Å². The second-order valence-electron chi connectivity index (χ2n) is 6.72. The summed E-state index contributed by atoms with van der Waals surface area (Å²) in [6, 6.07) is 7.14. The van der Waals surface area contributed by atoms with Crippen LogP contribution in [0.1, 0.15) is 33.1 Å². The first-order chi connectivity index (χ1) is 10.8.